The number of carboxylic acid groups (broad SMARTS) is 2. The average molecular weight is 437 g/mol. The molecule has 0 aliphatic carbocycles. The number of benzene rings is 2. The third kappa shape index (κ3) is 7.31. The van der Waals surface area contributed by atoms with Crippen LogP contribution in [0.4, 0.5) is 10.1 Å². The molecule has 0 bridgehead atoms. The predicted octanol–water partition coefficient (Wildman–Crippen LogP) is 4.28. The van der Waals surface area contributed by atoms with Crippen molar-refractivity contribution in [3.63, 3.8) is 0 Å². The first kappa shape index (κ1) is 23.6. The van der Waals surface area contributed by atoms with Crippen molar-refractivity contribution in [2.75, 3.05) is 18.4 Å². The molecule has 4 N–H and O–H groups in total. The minimum absolute atomic E-state index is 0.00378. The normalized spacial score (nSPS) is 13.8. The van der Waals surface area contributed by atoms with Crippen molar-refractivity contribution >= 4 is 29.2 Å². The van der Waals surface area contributed by atoms with Gasteiger partial charge in [-0.05, 0) is 67.7 Å². The molecule has 1 atom stereocenters. The van der Waals surface area contributed by atoms with E-state index in [-0.39, 0.29) is 24.7 Å². The first-order valence-corrected chi connectivity index (χ1v) is 10.1. The Bertz CT molecular complexity index is 877. The molecule has 0 amide bonds. The second-order valence-corrected chi connectivity index (χ2v) is 7.43. The van der Waals surface area contributed by atoms with Crippen LogP contribution in [-0.4, -0.2) is 35.2 Å². The molecule has 30 heavy (non-hydrogen) atoms. The fraction of sp³-hybridized carbons (Fsp3) is 0.364. The molecule has 6 nitrogen and oxygen atoms in total. The van der Waals surface area contributed by atoms with Crippen LogP contribution in [0.2, 0.25) is 5.02 Å². The highest BCUT2D eigenvalue weighted by Gasteiger charge is 2.17. The minimum Gasteiger partial charge on any atom is -0.481 e. The predicted molar refractivity (Wildman–Crippen MR) is 115 cm³/mol. The van der Waals surface area contributed by atoms with Gasteiger partial charge in [0.15, 0.2) is 0 Å². The van der Waals surface area contributed by atoms with Crippen molar-refractivity contribution in [3.8, 4) is 0 Å². The second kappa shape index (κ2) is 11.5. The zero-order valence-electron chi connectivity index (χ0n) is 16.8. The van der Waals surface area contributed by atoms with E-state index in [0.717, 1.165) is 42.2 Å². The fourth-order valence-electron chi connectivity index (χ4n) is 3.19. The molecular weight excluding hydrogens is 411 g/mol. The summed E-state index contributed by atoms with van der Waals surface area (Å²) in [7, 11) is 0. The molecule has 1 heterocycles. The Labute approximate surface area is 180 Å². The highest BCUT2D eigenvalue weighted by Crippen LogP contribution is 2.33. The highest BCUT2D eigenvalue weighted by atomic mass is 35.5. The van der Waals surface area contributed by atoms with Crippen molar-refractivity contribution in [1.82, 2.24) is 5.32 Å². The van der Waals surface area contributed by atoms with Crippen LogP contribution >= 0.6 is 11.6 Å². The van der Waals surface area contributed by atoms with Gasteiger partial charge >= 0.3 is 11.9 Å². The number of carboxylic acids is 2. The van der Waals surface area contributed by atoms with Crippen molar-refractivity contribution in [3.05, 3.63) is 63.9 Å². The van der Waals surface area contributed by atoms with Crippen molar-refractivity contribution in [2.24, 2.45) is 0 Å². The van der Waals surface area contributed by atoms with Crippen LogP contribution in [0.25, 0.3) is 0 Å². The van der Waals surface area contributed by atoms with E-state index in [1.54, 1.807) is 12.1 Å². The van der Waals surface area contributed by atoms with Gasteiger partial charge in [-0.3, -0.25) is 9.59 Å². The lowest BCUT2D eigenvalue weighted by Gasteiger charge is -2.21. The number of halogens is 2. The molecule has 0 aromatic heterocycles. The quantitative estimate of drug-likeness (QED) is 0.539. The summed E-state index contributed by atoms with van der Waals surface area (Å²) in [5.41, 5.74) is 4.52. The maximum Gasteiger partial charge on any atom is 0.303 e. The zero-order chi connectivity index (χ0) is 22.1. The standard InChI is InChI=1S/C18H20ClFN2.C4H6O4/c1-12(14-3-2-4-15(20)11-14)22-18-16-8-10-21-9-7-13(16)5-6-17(18)19;5-3(6)1-2-4(7)8/h2-6,11-12,21-22H,7-10H2,1H3;1-2H2,(H,5,6)(H,7,8). The van der Waals surface area contributed by atoms with Gasteiger partial charge in [0.2, 0.25) is 0 Å². The molecule has 162 valence electrons. The van der Waals surface area contributed by atoms with Gasteiger partial charge in [0.05, 0.1) is 23.6 Å². The van der Waals surface area contributed by atoms with Gasteiger partial charge < -0.3 is 20.8 Å². The molecule has 0 spiro atoms. The topological polar surface area (TPSA) is 98.7 Å². The SMILES string of the molecule is CC(Nc1c(Cl)ccc2c1CCNCC2)c1cccc(F)c1.O=C(O)CCC(=O)O. The maximum atomic E-state index is 13.4. The van der Waals surface area contributed by atoms with Gasteiger partial charge in [-0.2, -0.15) is 0 Å². The summed E-state index contributed by atoms with van der Waals surface area (Å²) in [6.07, 6.45) is 1.37. The van der Waals surface area contributed by atoms with Gasteiger partial charge in [0.25, 0.3) is 0 Å². The van der Waals surface area contributed by atoms with Crippen LogP contribution in [-0.2, 0) is 22.4 Å². The number of carbonyl (C=O) groups is 2. The summed E-state index contributed by atoms with van der Waals surface area (Å²) in [6, 6.07) is 10.8. The molecule has 3 rings (SSSR count). The van der Waals surface area contributed by atoms with E-state index in [0.29, 0.717) is 0 Å². The van der Waals surface area contributed by atoms with E-state index in [1.807, 2.05) is 19.1 Å². The third-order valence-corrected chi connectivity index (χ3v) is 5.06. The summed E-state index contributed by atoms with van der Waals surface area (Å²) < 4.78 is 13.4. The minimum atomic E-state index is -1.08. The molecule has 0 radical (unpaired) electrons. The van der Waals surface area contributed by atoms with E-state index >= 15 is 0 Å². The monoisotopic (exact) mass is 436 g/mol. The summed E-state index contributed by atoms with van der Waals surface area (Å²) >= 11 is 6.42. The second-order valence-electron chi connectivity index (χ2n) is 7.02. The zero-order valence-corrected chi connectivity index (χ0v) is 17.5. The highest BCUT2D eigenvalue weighted by molar-refractivity contribution is 6.33. The van der Waals surface area contributed by atoms with Gasteiger partial charge in [-0.15, -0.1) is 0 Å². The molecule has 2 aromatic rings. The maximum absolute atomic E-state index is 13.4. The molecular formula is C22H26ClFN2O4. The molecule has 2 aromatic carbocycles. The lowest BCUT2D eigenvalue weighted by Crippen LogP contribution is -2.16. The van der Waals surface area contributed by atoms with Crippen LogP contribution in [0.15, 0.2) is 36.4 Å². The molecule has 8 heteroatoms. The summed E-state index contributed by atoms with van der Waals surface area (Å²) in [6.45, 7) is 3.98. The summed E-state index contributed by atoms with van der Waals surface area (Å²) in [5, 5.41) is 23.4. The van der Waals surface area contributed by atoms with Crippen LogP contribution in [0.1, 0.15) is 42.5 Å². The first-order chi connectivity index (χ1) is 14.3. The number of nitrogens with one attached hydrogen (secondary N) is 2. The number of aliphatic carboxylic acids is 2. The van der Waals surface area contributed by atoms with Gasteiger partial charge in [0, 0.05) is 6.04 Å². The Hall–Kier alpha value is -2.64. The summed E-state index contributed by atoms with van der Waals surface area (Å²) in [4.78, 5) is 19.3. The van der Waals surface area contributed by atoms with Gasteiger partial charge in [-0.1, -0.05) is 29.8 Å². The Morgan fingerprint density at radius 3 is 2.43 bits per heavy atom. The Morgan fingerprint density at radius 2 is 1.80 bits per heavy atom. The smallest absolute Gasteiger partial charge is 0.303 e. The van der Waals surface area contributed by atoms with Crippen LogP contribution in [0, 0.1) is 5.82 Å². The number of fused-ring (bicyclic) bond motifs is 1. The number of hydrogen-bond donors (Lipinski definition) is 4. The largest absolute Gasteiger partial charge is 0.481 e. The van der Waals surface area contributed by atoms with Crippen molar-refractivity contribution < 1.29 is 24.2 Å². The molecule has 1 unspecified atom stereocenters. The molecule has 1 aliphatic rings. The van der Waals surface area contributed by atoms with E-state index in [9.17, 15) is 14.0 Å². The van der Waals surface area contributed by atoms with Crippen molar-refractivity contribution in [1.29, 1.82) is 0 Å². The van der Waals surface area contributed by atoms with E-state index in [1.165, 1.54) is 17.2 Å². The van der Waals surface area contributed by atoms with E-state index < -0.39 is 11.9 Å². The number of hydrogen-bond acceptors (Lipinski definition) is 4. The summed E-state index contributed by atoms with van der Waals surface area (Å²) in [5.74, 6) is -2.37. The fourth-order valence-corrected chi connectivity index (χ4v) is 3.42. The van der Waals surface area contributed by atoms with Crippen LogP contribution < -0.4 is 10.6 Å². The van der Waals surface area contributed by atoms with Crippen LogP contribution in [0.3, 0.4) is 0 Å². The molecule has 0 saturated carbocycles. The molecule has 1 aliphatic heterocycles. The lowest BCUT2D eigenvalue weighted by molar-refractivity contribution is -0.143. The van der Waals surface area contributed by atoms with Crippen LogP contribution in [0.5, 0.6) is 0 Å². The van der Waals surface area contributed by atoms with E-state index in [4.69, 9.17) is 21.8 Å². The average Bonchev–Trinajstić information content (AvgIpc) is 2.94. The van der Waals surface area contributed by atoms with E-state index in [2.05, 4.69) is 16.7 Å². The number of rotatable bonds is 6. The van der Waals surface area contributed by atoms with Gasteiger partial charge in [-0.25, -0.2) is 4.39 Å². The first-order valence-electron chi connectivity index (χ1n) is 9.74. The molecule has 0 saturated heterocycles. The number of anilines is 1. The Morgan fingerprint density at radius 1 is 1.13 bits per heavy atom. The lowest BCUT2D eigenvalue weighted by atomic mass is 9.99. The Balaban J connectivity index is 0.000000343. The van der Waals surface area contributed by atoms with Gasteiger partial charge in [0.1, 0.15) is 5.82 Å². The molecule has 0 fully saturated rings. The Kier molecular flexibility index (Phi) is 9.08. The van der Waals surface area contributed by atoms with Crippen molar-refractivity contribution in [2.45, 2.75) is 38.6 Å². The third-order valence-electron chi connectivity index (χ3n) is 4.74.